The van der Waals surface area contributed by atoms with Gasteiger partial charge in [-0.25, -0.2) is 0 Å². The number of nitrogens with one attached hydrogen (secondary N) is 1. The van der Waals surface area contributed by atoms with E-state index in [1.807, 2.05) is 19.1 Å². The van der Waals surface area contributed by atoms with Crippen molar-refractivity contribution in [3.63, 3.8) is 0 Å². The summed E-state index contributed by atoms with van der Waals surface area (Å²) in [7, 11) is 0. The lowest BCUT2D eigenvalue weighted by atomic mass is 9.58. The molecule has 3 N–H and O–H groups in total. The number of rotatable bonds is 8. The molecule has 148 valence electrons. The van der Waals surface area contributed by atoms with Gasteiger partial charge in [-0.3, -0.25) is 4.79 Å². The molecular weight excluding hydrogens is 367 g/mol. The van der Waals surface area contributed by atoms with Crippen molar-refractivity contribution >= 4 is 29.9 Å². The van der Waals surface area contributed by atoms with Crippen LogP contribution in [-0.4, -0.2) is 18.0 Å². The molecule has 2 rings (SSSR count). The van der Waals surface area contributed by atoms with Gasteiger partial charge in [-0.2, -0.15) is 0 Å². The molecular formula is C21H34Cl2N2O. The molecule has 0 spiro atoms. The molecule has 3 atom stereocenters. The van der Waals surface area contributed by atoms with Gasteiger partial charge in [0.15, 0.2) is 0 Å². The molecule has 0 bridgehead atoms. The third kappa shape index (κ3) is 5.15. The van der Waals surface area contributed by atoms with Crippen LogP contribution in [0.2, 0.25) is 5.02 Å². The number of nitrogens with two attached hydrogens (primary N) is 1. The summed E-state index contributed by atoms with van der Waals surface area (Å²) in [5.41, 5.74) is 7.48. The van der Waals surface area contributed by atoms with E-state index in [9.17, 15) is 4.79 Å². The summed E-state index contributed by atoms with van der Waals surface area (Å²) in [5.74, 6) is 0.683. The first-order valence-electron chi connectivity index (χ1n) is 9.62. The van der Waals surface area contributed by atoms with Crippen molar-refractivity contribution in [3.05, 3.63) is 34.9 Å². The van der Waals surface area contributed by atoms with Crippen LogP contribution in [0.25, 0.3) is 0 Å². The number of halogens is 2. The van der Waals surface area contributed by atoms with Crippen LogP contribution in [0.5, 0.6) is 0 Å². The minimum atomic E-state index is -0.443. The number of carbonyl (C=O) groups is 1. The van der Waals surface area contributed by atoms with Gasteiger partial charge >= 0.3 is 0 Å². The summed E-state index contributed by atoms with van der Waals surface area (Å²) < 4.78 is 0. The Kier molecular flexibility index (Phi) is 8.92. The molecule has 5 heteroatoms. The van der Waals surface area contributed by atoms with Crippen molar-refractivity contribution in [2.45, 2.75) is 77.3 Å². The highest BCUT2D eigenvalue weighted by molar-refractivity contribution is 6.30. The molecule has 0 aliphatic heterocycles. The molecule has 0 unspecified atom stereocenters. The Morgan fingerprint density at radius 1 is 1.23 bits per heavy atom. The highest BCUT2D eigenvalue weighted by atomic mass is 35.5. The van der Waals surface area contributed by atoms with Crippen molar-refractivity contribution in [1.29, 1.82) is 0 Å². The average Bonchev–Trinajstić information content (AvgIpc) is 2.53. The SMILES string of the molecule is CC[C@H](C)[C@H](N)C(=O)N[C@@H](CC(C)C)C1(c2ccc(Cl)cc2)CCC1.Cl. The summed E-state index contributed by atoms with van der Waals surface area (Å²) in [6, 6.07) is 7.82. The van der Waals surface area contributed by atoms with E-state index in [1.54, 1.807) is 0 Å². The molecule has 0 radical (unpaired) electrons. The molecule has 0 aromatic heterocycles. The van der Waals surface area contributed by atoms with E-state index >= 15 is 0 Å². The number of benzene rings is 1. The third-order valence-electron chi connectivity index (χ3n) is 5.92. The van der Waals surface area contributed by atoms with Gasteiger partial charge in [0.25, 0.3) is 0 Å². The predicted octanol–water partition coefficient (Wildman–Crippen LogP) is 5.09. The maximum atomic E-state index is 12.8. The largest absolute Gasteiger partial charge is 0.351 e. The van der Waals surface area contributed by atoms with E-state index < -0.39 is 6.04 Å². The number of amides is 1. The molecule has 3 nitrogen and oxygen atoms in total. The van der Waals surface area contributed by atoms with Crippen LogP contribution in [0.4, 0.5) is 0 Å². The quantitative estimate of drug-likeness (QED) is 0.638. The summed E-state index contributed by atoms with van der Waals surface area (Å²) in [6.45, 7) is 8.54. The molecule has 1 fully saturated rings. The summed E-state index contributed by atoms with van der Waals surface area (Å²) in [6.07, 6.45) is 5.27. The van der Waals surface area contributed by atoms with Crippen LogP contribution in [0.3, 0.4) is 0 Å². The Morgan fingerprint density at radius 3 is 2.23 bits per heavy atom. The minimum absolute atomic E-state index is 0. The molecule has 1 aromatic carbocycles. The molecule has 0 heterocycles. The van der Waals surface area contributed by atoms with Crippen LogP contribution in [0.1, 0.15) is 65.4 Å². The molecule has 1 saturated carbocycles. The monoisotopic (exact) mass is 400 g/mol. The van der Waals surface area contributed by atoms with Gasteiger partial charge in [0.2, 0.25) is 5.91 Å². The number of carbonyl (C=O) groups excluding carboxylic acids is 1. The molecule has 1 aromatic rings. The smallest absolute Gasteiger partial charge is 0.237 e. The Hall–Kier alpha value is -0.770. The Bertz CT molecular complexity index is 570. The van der Waals surface area contributed by atoms with Crippen molar-refractivity contribution < 1.29 is 4.79 Å². The van der Waals surface area contributed by atoms with Crippen LogP contribution in [-0.2, 0) is 10.2 Å². The highest BCUT2D eigenvalue weighted by Crippen LogP contribution is 2.48. The van der Waals surface area contributed by atoms with E-state index in [-0.39, 0.29) is 35.7 Å². The molecule has 1 aliphatic rings. The predicted molar refractivity (Wildman–Crippen MR) is 113 cm³/mol. The summed E-state index contributed by atoms with van der Waals surface area (Å²) in [4.78, 5) is 12.8. The first-order valence-corrected chi connectivity index (χ1v) is 10.00. The maximum Gasteiger partial charge on any atom is 0.237 e. The standard InChI is InChI=1S/C21H33ClN2O.ClH/c1-5-15(4)19(23)20(25)24-18(13-14(2)3)21(11-6-12-21)16-7-9-17(22)10-8-16;/h7-10,14-15,18-19H,5-6,11-13,23H2,1-4H3,(H,24,25);1H/t15-,18-,19-;/m0./s1. The van der Waals surface area contributed by atoms with Crippen molar-refractivity contribution in [3.8, 4) is 0 Å². The van der Waals surface area contributed by atoms with E-state index in [2.05, 4.69) is 38.2 Å². The Labute approximate surface area is 169 Å². The number of hydrogen-bond donors (Lipinski definition) is 2. The van der Waals surface area contributed by atoms with Crippen LogP contribution in [0, 0.1) is 11.8 Å². The molecule has 1 amide bonds. The van der Waals surface area contributed by atoms with E-state index in [1.165, 1.54) is 12.0 Å². The van der Waals surface area contributed by atoms with E-state index in [4.69, 9.17) is 17.3 Å². The fourth-order valence-electron chi connectivity index (χ4n) is 3.85. The van der Waals surface area contributed by atoms with Gasteiger partial charge < -0.3 is 11.1 Å². The van der Waals surface area contributed by atoms with E-state index in [0.717, 1.165) is 30.7 Å². The van der Waals surface area contributed by atoms with Crippen LogP contribution in [0.15, 0.2) is 24.3 Å². The third-order valence-corrected chi connectivity index (χ3v) is 6.17. The maximum absolute atomic E-state index is 12.8. The zero-order valence-corrected chi connectivity index (χ0v) is 18.0. The Morgan fingerprint density at radius 2 is 1.81 bits per heavy atom. The lowest BCUT2D eigenvalue weighted by molar-refractivity contribution is -0.125. The second-order valence-corrected chi connectivity index (χ2v) is 8.56. The topological polar surface area (TPSA) is 55.1 Å². The fraction of sp³-hybridized carbons (Fsp3) is 0.667. The second kappa shape index (κ2) is 9.96. The summed E-state index contributed by atoms with van der Waals surface area (Å²) >= 11 is 6.08. The van der Waals surface area contributed by atoms with Crippen molar-refractivity contribution in [2.75, 3.05) is 0 Å². The van der Waals surface area contributed by atoms with Crippen molar-refractivity contribution in [1.82, 2.24) is 5.32 Å². The normalized spacial score (nSPS) is 19.0. The second-order valence-electron chi connectivity index (χ2n) is 8.12. The van der Waals surface area contributed by atoms with Crippen LogP contribution < -0.4 is 11.1 Å². The lowest BCUT2D eigenvalue weighted by Gasteiger charge is -2.49. The van der Waals surface area contributed by atoms with Gasteiger partial charge in [-0.1, -0.05) is 64.3 Å². The minimum Gasteiger partial charge on any atom is -0.351 e. The molecule has 26 heavy (non-hydrogen) atoms. The van der Waals surface area contributed by atoms with Crippen LogP contribution >= 0.6 is 24.0 Å². The fourth-order valence-corrected chi connectivity index (χ4v) is 3.98. The zero-order chi connectivity index (χ0) is 18.6. The Balaban J connectivity index is 0.00000338. The zero-order valence-electron chi connectivity index (χ0n) is 16.4. The van der Waals surface area contributed by atoms with Gasteiger partial charge in [0.05, 0.1) is 6.04 Å². The van der Waals surface area contributed by atoms with Crippen molar-refractivity contribution in [2.24, 2.45) is 17.6 Å². The first kappa shape index (κ1) is 23.3. The molecule has 1 aliphatic carbocycles. The van der Waals surface area contributed by atoms with E-state index in [0.29, 0.717) is 5.92 Å². The van der Waals surface area contributed by atoms with Gasteiger partial charge in [-0.05, 0) is 48.8 Å². The highest BCUT2D eigenvalue weighted by Gasteiger charge is 2.46. The average molecular weight is 401 g/mol. The van der Waals surface area contributed by atoms with Gasteiger partial charge in [-0.15, -0.1) is 12.4 Å². The molecule has 0 saturated heterocycles. The first-order chi connectivity index (χ1) is 11.8. The van der Waals surface area contributed by atoms with Gasteiger partial charge in [0, 0.05) is 16.5 Å². The number of hydrogen-bond acceptors (Lipinski definition) is 2. The van der Waals surface area contributed by atoms with Gasteiger partial charge in [0.1, 0.15) is 0 Å². The lowest BCUT2D eigenvalue weighted by Crippen LogP contribution is -2.58. The summed E-state index contributed by atoms with van der Waals surface area (Å²) in [5, 5.41) is 4.07.